The molecule has 0 heterocycles. The number of hydrogen-bond acceptors (Lipinski definition) is 2. The lowest BCUT2D eigenvalue weighted by Crippen LogP contribution is -2.32. The molecule has 1 aliphatic rings. The molecular weight excluding hydrogens is 174 g/mol. The number of hydrogen-bond donors (Lipinski definition) is 1. The second-order valence-electron chi connectivity index (χ2n) is 3.82. The van der Waals surface area contributed by atoms with Crippen molar-refractivity contribution in [2.45, 2.75) is 18.9 Å². The molecule has 2 nitrogen and oxygen atoms in total. The van der Waals surface area contributed by atoms with Gasteiger partial charge in [0.2, 0.25) is 0 Å². The predicted molar refractivity (Wildman–Crippen MR) is 57.5 cm³/mol. The van der Waals surface area contributed by atoms with Crippen LogP contribution < -0.4 is 5.32 Å². The van der Waals surface area contributed by atoms with Gasteiger partial charge in [-0.2, -0.15) is 0 Å². The van der Waals surface area contributed by atoms with Gasteiger partial charge in [-0.3, -0.25) is 0 Å². The van der Waals surface area contributed by atoms with Gasteiger partial charge in [-0.25, -0.2) is 0 Å². The highest BCUT2D eigenvalue weighted by atomic mass is 16.5. The van der Waals surface area contributed by atoms with E-state index in [-0.39, 0.29) is 0 Å². The van der Waals surface area contributed by atoms with Crippen LogP contribution in [0.4, 0.5) is 0 Å². The Kier molecular flexibility index (Phi) is 3.17. The third kappa shape index (κ3) is 2.14. The zero-order chi connectivity index (χ0) is 9.80. The van der Waals surface area contributed by atoms with Gasteiger partial charge in [0.1, 0.15) is 0 Å². The molecule has 1 aromatic rings. The molecule has 1 aliphatic carbocycles. The first-order chi connectivity index (χ1) is 6.90. The zero-order valence-electron chi connectivity index (χ0n) is 8.62. The summed E-state index contributed by atoms with van der Waals surface area (Å²) in [5.74, 6) is 0. The van der Waals surface area contributed by atoms with Crippen LogP contribution in [-0.2, 0) is 17.6 Å². The number of fused-ring (bicyclic) bond motifs is 1. The first-order valence-corrected chi connectivity index (χ1v) is 5.19. The lowest BCUT2D eigenvalue weighted by atomic mass is 10.1. The van der Waals surface area contributed by atoms with Crippen LogP contribution in [0.1, 0.15) is 11.1 Å². The van der Waals surface area contributed by atoms with Gasteiger partial charge in [0, 0.05) is 19.7 Å². The summed E-state index contributed by atoms with van der Waals surface area (Å²) in [5, 5.41) is 3.50. The summed E-state index contributed by atoms with van der Waals surface area (Å²) in [4.78, 5) is 0. The van der Waals surface area contributed by atoms with Crippen molar-refractivity contribution in [1.82, 2.24) is 5.32 Å². The molecule has 0 bridgehead atoms. The van der Waals surface area contributed by atoms with Crippen molar-refractivity contribution >= 4 is 0 Å². The van der Waals surface area contributed by atoms with E-state index >= 15 is 0 Å². The van der Waals surface area contributed by atoms with Crippen molar-refractivity contribution in [2.75, 3.05) is 20.3 Å². The van der Waals surface area contributed by atoms with Gasteiger partial charge < -0.3 is 10.1 Å². The van der Waals surface area contributed by atoms with Gasteiger partial charge in [-0.15, -0.1) is 0 Å². The SMILES string of the molecule is COCCNC1Cc2ccccc2C1. The van der Waals surface area contributed by atoms with Crippen molar-refractivity contribution in [3.05, 3.63) is 35.4 Å². The fourth-order valence-electron chi connectivity index (χ4n) is 2.07. The topological polar surface area (TPSA) is 21.3 Å². The summed E-state index contributed by atoms with van der Waals surface area (Å²) in [7, 11) is 1.74. The van der Waals surface area contributed by atoms with Gasteiger partial charge in [-0.05, 0) is 24.0 Å². The summed E-state index contributed by atoms with van der Waals surface area (Å²) >= 11 is 0. The maximum absolute atomic E-state index is 5.02. The average Bonchev–Trinajstić information content (AvgIpc) is 2.60. The molecular formula is C12H17NO. The zero-order valence-corrected chi connectivity index (χ0v) is 8.62. The Hall–Kier alpha value is -0.860. The molecule has 0 amide bonds. The molecule has 14 heavy (non-hydrogen) atoms. The van der Waals surface area contributed by atoms with Gasteiger partial charge >= 0.3 is 0 Å². The van der Waals surface area contributed by atoms with E-state index in [9.17, 15) is 0 Å². The highest BCUT2D eigenvalue weighted by Crippen LogP contribution is 2.21. The number of rotatable bonds is 4. The van der Waals surface area contributed by atoms with E-state index < -0.39 is 0 Å². The molecule has 0 radical (unpaired) electrons. The Bertz CT molecular complexity index is 273. The van der Waals surface area contributed by atoms with Gasteiger partial charge in [0.05, 0.1) is 6.61 Å². The molecule has 2 heteroatoms. The second kappa shape index (κ2) is 4.58. The van der Waals surface area contributed by atoms with Crippen LogP contribution in [0.25, 0.3) is 0 Å². The molecule has 1 N–H and O–H groups in total. The molecule has 0 unspecified atom stereocenters. The summed E-state index contributed by atoms with van der Waals surface area (Å²) in [6.45, 7) is 1.75. The van der Waals surface area contributed by atoms with Gasteiger partial charge in [-0.1, -0.05) is 24.3 Å². The highest BCUT2D eigenvalue weighted by Gasteiger charge is 2.19. The minimum absolute atomic E-state index is 0.613. The molecule has 0 aliphatic heterocycles. The van der Waals surface area contributed by atoms with Crippen molar-refractivity contribution in [3.8, 4) is 0 Å². The molecule has 0 saturated carbocycles. The fourth-order valence-corrected chi connectivity index (χ4v) is 2.07. The van der Waals surface area contributed by atoms with Crippen molar-refractivity contribution in [1.29, 1.82) is 0 Å². The summed E-state index contributed by atoms with van der Waals surface area (Å²) < 4.78 is 5.02. The van der Waals surface area contributed by atoms with Gasteiger partial charge in [0.25, 0.3) is 0 Å². The Balaban J connectivity index is 1.86. The van der Waals surface area contributed by atoms with E-state index in [2.05, 4.69) is 29.6 Å². The lowest BCUT2D eigenvalue weighted by Gasteiger charge is -2.10. The molecule has 0 spiro atoms. The Morgan fingerprint density at radius 3 is 2.50 bits per heavy atom. The third-order valence-corrected chi connectivity index (χ3v) is 2.79. The Morgan fingerprint density at radius 2 is 1.93 bits per heavy atom. The van der Waals surface area contributed by atoms with Crippen LogP contribution in [0.15, 0.2) is 24.3 Å². The smallest absolute Gasteiger partial charge is 0.0587 e. The highest BCUT2D eigenvalue weighted by molar-refractivity contribution is 5.33. The van der Waals surface area contributed by atoms with E-state index in [0.29, 0.717) is 6.04 Å². The standard InChI is InChI=1S/C12H17NO/c1-14-7-6-13-12-8-10-4-2-3-5-11(10)9-12/h2-5,12-13H,6-9H2,1H3. The van der Waals surface area contributed by atoms with E-state index in [1.54, 1.807) is 7.11 Å². The molecule has 0 atom stereocenters. The summed E-state index contributed by atoms with van der Waals surface area (Å²) in [5.41, 5.74) is 3.00. The third-order valence-electron chi connectivity index (χ3n) is 2.79. The normalized spacial score (nSPS) is 15.8. The summed E-state index contributed by atoms with van der Waals surface area (Å²) in [6.07, 6.45) is 2.33. The molecule has 0 saturated heterocycles. The summed E-state index contributed by atoms with van der Waals surface area (Å²) in [6, 6.07) is 9.32. The van der Waals surface area contributed by atoms with E-state index in [0.717, 1.165) is 13.2 Å². The first-order valence-electron chi connectivity index (χ1n) is 5.19. The van der Waals surface area contributed by atoms with E-state index in [4.69, 9.17) is 4.74 Å². The van der Waals surface area contributed by atoms with Crippen LogP contribution in [-0.4, -0.2) is 26.3 Å². The molecule has 1 aromatic carbocycles. The van der Waals surface area contributed by atoms with Crippen molar-refractivity contribution in [3.63, 3.8) is 0 Å². The second-order valence-corrected chi connectivity index (χ2v) is 3.82. The van der Waals surface area contributed by atoms with Crippen LogP contribution in [0.3, 0.4) is 0 Å². The van der Waals surface area contributed by atoms with Crippen LogP contribution in [0.5, 0.6) is 0 Å². The Morgan fingerprint density at radius 1 is 1.29 bits per heavy atom. The lowest BCUT2D eigenvalue weighted by molar-refractivity contribution is 0.196. The Labute approximate surface area is 85.3 Å². The van der Waals surface area contributed by atoms with E-state index in [1.807, 2.05) is 0 Å². The number of nitrogens with one attached hydrogen (secondary N) is 1. The van der Waals surface area contributed by atoms with Gasteiger partial charge in [0.15, 0.2) is 0 Å². The maximum atomic E-state index is 5.02. The molecule has 0 fully saturated rings. The number of benzene rings is 1. The number of ether oxygens (including phenoxy) is 1. The monoisotopic (exact) mass is 191 g/mol. The largest absolute Gasteiger partial charge is 0.383 e. The minimum atomic E-state index is 0.613. The van der Waals surface area contributed by atoms with Crippen molar-refractivity contribution in [2.24, 2.45) is 0 Å². The molecule has 0 aromatic heterocycles. The molecule has 2 rings (SSSR count). The molecule has 76 valence electrons. The van der Waals surface area contributed by atoms with E-state index in [1.165, 1.54) is 24.0 Å². The maximum Gasteiger partial charge on any atom is 0.0587 e. The first kappa shape index (κ1) is 9.69. The average molecular weight is 191 g/mol. The van der Waals surface area contributed by atoms with Crippen LogP contribution >= 0.6 is 0 Å². The minimum Gasteiger partial charge on any atom is -0.383 e. The fraction of sp³-hybridized carbons (Fsp3) is 0.500. The van der Waals surface area contributed by atoms with Crippen LogP contribution in [0.2, 0.25) is 0 Å². The van der Waals surface area contributed by atoms with Crippen molar-refractivity contribution < 1.29 is 4.74 Å². The van der Waals surface area contributed by atoms with Crippen LogP contribution in [0, 0.1) is 0 Å². The quantitative estimate of drug-likeness (QED) is 0.726. The number of methoxy groups -OCH3 is 1. The predicted octanol–water partition coefficient (Wildman–Crippen LogP) is 1.39.